The van der Waals surface area contributed by atoms with Gasteiger partial charge in [0.25, 0.3) is 0 Å². The van der Waals surface area contributed by atoms with Gasteiger partial charge in [-0.25, -0.2) is 13.6 Å². The summed E-state index contributed by atoms with van der Waals surface area (Å²) in [5.41, 5.74) is 2.40. The lowest BCUT2D eigenvalue weighted by molar-refractivity contribution is -0.384. The summed E-state index contributed by atoms with van der Waals surface area (Å²) in [4.78, 5) is 31.5. The SMILES string of the molecule is CC(C)(CSc1ccccc1)Nc1ccc(S(N)(=O)=O)c(C(=O)c2ccc(N3CCC(Cc4ccccc4-c4ccccc4)(OCCN4CCCCC4)CC3)cc2)c1[N+](=O)[O-]. The fourth-order valence-corrected chi connectivity index (χ4v) is 10.2. The molecule has 2 heterocycles. The van der Waals surface area contributed by atoms with Gasteiger partial charge in [-0.1, -0.05) is 79.2 Å². The van der Waals surface area contributed by atoms with Crippen LogP contribution in [-0.4, -0.2) is 80.2 Å². The van der Waals surface area contributed by atoms with Gasteiger partial charge in [-0.15, -0.1) is 11.8 Å². The summed E-state index contributed by atoms with van der Waals surface area (Å²) in [6.45, 7) is 9.02. The summed E-state index contributed by atoms with van der Waals surface area (Å²) in [5.74, 6) is -0.279. The minimum atomic E-state index is -4.52. The number of anilines is 2. The molecule has 2 saturated heterocycles. The highest BCUT2D eigenvalue weighted by atomic mass is 32.2. The molecule has 0 aromatic heterocycles. The molecule has 0 atom stereocenters. The van der Waals surface area contributed by atoms with Crippen LogP contribution in [0, 0.1) is 10.1 Å². The van der Waals surface area contributed by atoms with Gasteiger partial charge in [-0.2, -0.15) is 0 Å². The summed E-state index contributed by atoms with van der Waals surface area (Å²) >= 11 is 1.57. The minimum Gasteiger partial charge on any atom is -0.374 e. The van der Waals surface area contributed by atoms with Crippen LogP contribution in [0.25, 0.3) is 11.1 Å². The molecule has 2 aliphatic heterocycles. The van der Waals surface area contributed by atoms with E-state index in [0.29, 0.717) is 12.4 Å². The first kappa shape index (κ1) is 44.0. The van der Waals surface area contributed by atoms with E-state index in [1.165, 1.54) is 48.1 Å². The number of thioether (sulfide) groups is 1. The molecule has 0 spiro atoms. The Kier molecular flexibility index (Phi) is 14.0. The summed E-state index contributed by atoms with van der Waals surface area (Å²) < 4.78 is 32.7. The van der Waals surface area contributed by atoms with Gasteiger partial charge in [0.15, 0.2) is 0 Å². The third kappa shape index (κ3) is 11.1. The first-order chi connectivity index (χ1) is 29.3. The smallest absolute Gasteiger partial charge is 0.304 e. The lowest BCUT2D eigenvalue weighted by Gasteiger charge is -2.43. The van der Waals surface area contributed by atoms with Crippen LogP contribution in [0.5, 0.6) is 0 Å². The summed E-state index contributed by atoms with van der Waals surface area (Å²) in [7, 11) is -4.52. The van der Waals surface area contributed by atoms with Crippen molar-refractivity contribution in [3.63, 3.8) is 0 Å². The average molecular weight is 862 g/mol. The maximum absolute atomic E-state index is 14.3. The second-order valence-corrected chi connectivity index (χ2v) is 19.3. The summed E-state index contributed by atoms with van der Waals surface area (Å²) in [6.07, 6.45) is 6.12. The van der Waals surface area contributed by atoms with Crippen molar-refractivity contribution in [1.29, 1.82) is 0 Å². The molecule has 0 saturated carbocycles. The molecule has 3 N–H and O–H groups in total. The van der Waals surface area contributed by atoms with Crippen molar-refractivity contribution in [3.05, 3.63) is 148 Å². The average Bonchev–Trinajstić information content (AvgIpc) is 3.26. The van der Waals surface area contributed by atoms with Crippen LogP contribution >= 0.6 is 11.8 Å². The van der Waals surface area contributed by atoms with Crippen LogP contribution < -0.4 is 15.4 Å². The van der Waals surface area contributed by atoms with E-state index in [2.05, 4.69) is 63.6 Å². The molecular weight excluding hydrogens is 807 g/mol. The number of nitro benzene ring substituents is 1. The van der Waals surface area contributed by atoms with Gasteiger partial charge < -0.3 is 19.9 Å². The Morgan fingerprint density at radius 2 is 1.49 bits per heavy atom. The number of rotatable bonds is 17. The highest BCUT2D eigenvalue weighted by Crippen LogP contribution is 2.39. The fourth-order valence-electron chi connectivity index (χ4n) is 8.51. The molecule has 0 radical (unpaired) electrons. The van der Waals surface area contributed by atoms with E-state index in [1.54, 1.807) is 23.9 Å². The van der Waals surface area contributed by atoms with Crippen LogP contribution in [0.15, 0.2) is 131 Å². The number of nitrogens with zero attached hydrogens (tertiary/aromatic N) is 3. The number of nitrogens with two attached hydrogens (primary N) is 1. The maximum Gasteiger partial charge on any atom is 0.304 e. The zero-order valence-corrected chi connectivity index (χ0v) is 36.6. The van der Waals surface area contributed by atoms with E-state index in [4.69, 9.17) is 9.88 Å². The molecule has 0 aliphatic carbocycles. The molecule has 0 bridgehead atoms. The first-order valence-corrected chi connectivity index (χ1v) is 23.5. The number of primary sulfonamides is 1. The number of carbonyl (C=O) groups excluding carboxylic acids is 1. The lowest BCUT2D eigenvalue weighted by atomic mass is 9.82. The molecule has 2 aliphatic rings. The Hall–Kier alpha value is -5.05. The van der Waals surface area contributed by atoms with Crippen LogP contribution in [0.1, 0.15) is 67.4 Å². The topological polar surface area (TPSA) is 148 Å². The van der Waals surface area contributed by atoms with E-state index in [-0.39, 0.29) is 16.9 Å². The number of piperidine rings is 2. The van der Waals surface area contributed by atoms with Crippen molar-refractivity contribution in [1.82, 2.24) is 4.90 Å². The molecule has 0 amide bonds. The number of sulfonamides is 1. The van der Waals surface area contributed by atoms with Gasteiger partial charge in [-0.3, -0.25) is 14.9 Å². The molecule has 5 aromatic rings. The van der Waals surface area contributed by atoms with Crippen molar-refractivity contribution in [2.75, 3.05) is 55.3 Å². The fraction of sp³-hybridized carbons (Fsp3) is 0.354. The number of nitrogens with one attached hydrogen (secondary N) is 1. The van der Waals surface area contributed by atoms with E-state index in [1.807, 2.05) is 62.4 Å². The molecule has 5 aromatic carbocycles. The molecule has 0 unspecified atom stereocenters. The van der Waals surface area contributed by atoms with Crippen molar-refractivity contribution in [3.8, 4) is 11.1 Å². The molecular formula is C48H55N5O6S2. The predicted octanol–water partition coefficient (Wildman–Crippen LogP) is 9.21. The standard InChI is InChI=1S/C48H55N5O6S2/c1-47(2,35-60-40-17-8-4-9-18-40)50-42-24-25-43(61(49,57)58)44(45(42)53(55)56)46(54)37-20-22-39(23-21-37)52-30-26-48(27-31-52,59-33-32-51-28-12-5-13-29-51)34-38-16-10-11-19-41(38)36-14-6-3-7-15-36/h3-4,6-11,14-25,50H,5,12-13,26-35H2,1-2H3,(H2,49,57,58). The third-order valence-corrected chi connectivity index (χ3v) is 14.1. The Morgan fingerprint density at radius 1 is 0.852 bits per heavy atom. The minimum absolute atomic E-state index is 0.0253. The monoisotopic (exact) mass is 861 g/mol. The summed E-state index contributed by atoms with van der Waals surface area (Å²) in [6, 6.07) is 38.1. The van der Waals surface area contributed by atoms with Crippen LogP contribution in [0.4, 0.5) is 17.1 Å². The van der Waals surface area contributed by atoms with Crippen LogP contribution in [-0.2, 0) is 21.2 Å². The number of ketones is 1. The Bertz CT molecular complexity index is 2400. The zero-order chi connectivity index (χ0) is 43.0. The van der Waals surface area contributed by atoms with Gasteiger partial charge in [0.1, 0.15) is 16.1 Å². The molecule has 2 fully saturated rings. The highest BCUT2D eigenvalue weighted by molar-refractivity contribution is 7.99. The number of hydrogen-bond acceptors (Lipinski definition) is 10. The number of nitro groups is 1. The third-order valence-electron chi connectivity index (χ3n) is 11.7. The van der Waals surface area contributed by atoms with Gasteiger partial charge in [0.05, 0.1) is 17.1 Å². The van der Waals surface area contributed by atoms with E-state index >= 15 is 0 Å². The van der Waals surface area contributed by atoms with Crippen LogP contribution in [0.3, 0.4) is 0 Å². The van der Waals surface area contributed by atoms with Crippen molar-refractivity contribution < 1.29 is 22.9 Å². The Balaban J connectivity index is 1.10. The number of ether oxygens (including phenoxy) is 1. The van der Waals surface area contributed by atoms with Crippen molar-refractivity contribution >= 4 is 44.6 Å². The Morgan fingerprint density at radius 3 is 2.15 bits per heavy atom. The Labute approximate surface area is 363 Å². The van der Waals surface area contributed by atoms with Crippen molar-refractivity contribution in [2.45, 2.75) is 73.3 Å². The second kappa shape index (κ2) is 19.3. The largest absolute Gasteiger partial charge is 0.374 e. The molecule has 11 nitrogen and oxygen atoms in total. The van der Waals surface area contributed by atoms with Crippen molar-refractivity contribution in [2.24, 2.45) is 5.14 Å². The van der Waals surface area contributed by atoms with Crippen LogP contribution in [0.2, 0.25) is 0 Å². The van der Waals surface area contributed by atoms with E-state index in [9.17, 15) is 23.3 Å². The second-order valence-electron chi connectivity index (χ2n) is 16.7. The van der Waals surface area contributed by atoms with E-state index < -0.39 is 42.4 Å². The lowest BCUT2D eigenvalue weighted by Crippen LogP contribution is -2.48. The number of hydrogen-bond donors (Lipinski definition) is 2. The first-order valence-electron chi connectivity index (χ1n) is 21.0. The number of carbonyl (C=O) groups is 1. The maximum atomic E-state index is 14.3. The zero-order valence-electron chi connectivity index (χ0n) is 34.9. The van der Waals surface area contributed by atoms with Gasteiger partial charge >= 0.3 is 5.69 Å². The normalized spacial score (nSPS) is 16.0. The quantitative estimate of drug-likeness (QED) is 0.0401. The van der Waals surface area contributed by atoms with Gasteiger partial charge in [0.2, 0.25) is 15.8 Å². The highest BCUT2D eigenvalue weighted by Gasteiger charge is 2.38. The van der Waals surface area contributed by atoms with Gasteiger partial charge in [0, 0.05) is 53.5 Å². The molecule has 7 rings (SSSR count). The van der Waals surface area contributed by atoms with E-state index in [0.717, 1.165) is 62.6 Å². The number of likely N-dealkylation sites (tertiary alicyclic amines) is 1. The number of benzene rings is 5. The molecule has 13 heteroatoms. The van der Waals surface area contributed by atoms with Gasteiger partial charge in [-0.05, 0) is 118 Å². The summed E-state index contributed by atoms with van der Waals surface area (Å²) in [5, 5.41) is 21.5. The predicted molar refractivity (Wildman–Crippen MR) is 245 cm³/mol. The molecule has 320 valence electrons. The molecule has 61 heavy (non-hydrogen) atoms.